The van der Waals surface area contributed by atoms with Gasteiger partial charge in [-0.3, -0.25) is 4.57 Å². The SMILES string of the molecule is ClCc1cn2cc(C3CC3)cc(-n3cnnc3)c2n1. The van der Waals surface area contributed by atoms with Crippen LogP contribution in [0.5, 0.6) is 0 Å². The van der Waals surface area contributed by atoms with Gasteiger partial charge in [-0.15, -0.1) is 21.8 Å². The molecule has 0 spiro atoms. The summed E-state index contributed by atoms with van der Waals surface area (Å²) in [5.74, 6) is 1.10. The Kier molecular flexibility index (Phi) is 2.35. The van der Waals surface area contributed by atoms with E-state index in [0.29, 0.717) is 11.8 Å². The highest BCUT2D eigenvalue weighted by atomic mass is 35.5. The molecule has 1 aliphatic carbocycles. The van der Waals surface area contributed by atoms with Gasteiger partial charge in [0.1, 0.15) is 12.7 Å². The molecule has 0 saturated heterocycles. The van der Waals surface area contributed by atoms with Crippen LogP contribution in [0.2, 0.25) is 0 Å². The van der Waals surface area contributed by atoms with Gasteiger partial charge in [-0.25, -0.2) is 4.98 Å². The summed E-state index contributed by atoms with van der Waals surface area (Å²) in [5, 5.41) is 7.74. The summed E-state index contributed by atoms with van der Waals surface area (Å²) in [6.45, 7) is 0. The minimum absolute atomic E-state index is 0.419. The van der Waals surface area contributed by atoms with Crippen molar-refractivity contribution >= 4 is 17.2 Å². The van der Waals surface area contributed by atoms with Gasteiger partial charge in [-0.2, -0.15) is 0 Å². The maximum Gasteiger partial charge on any atom is 0.161 e. The Bertz CT molecular complexity index is 727. The molecule has 3 aromatic heterocycles. The summed E-state index contributed by atoms with van der Waals surface area (Å²) in [7, 11) is 0. The number of aromatic nitrogens is 5. The van der Waals surface area contributed by atoms with E-state index in [2.05, 4.69) is 31.8 Å². The van der Waals surface area contributed by atoms with Gasteiger partial charge >= 0.3 is 0 Å². The third kappa shape index (κ3) is 1.81. The van der Waals surface area contributed by atoms with Gasteiger partial charge < -0.3 is 4.40 Å². The number of pyridine rings is 1. The molecule has 0 bridgehead atoms. The summed E-state index contributed by atoms with van der Waals surface area (Å²) in [4.78, 5) is 4.56. The molecule has 96 valence electrons. The van der Waals surface area contributed by atoms with Crippen LogP contribution in [0.3, 0.4) is 0 Å². The summed E-state index contributed by atoms with van der Waals surface area (Å²) in [5.41, 5.74) is 4.12. The van der Waals surface area contributed by atoms with Gasteiger partial charge in [0.15, 0.2) is 5.65 Å². The summed E-state index contributed by atoms with van der Waals surface area (Å²) in [6, 6.07) is 2.18. The smallest absolute Gasteiger partial charge is 0.161 e. The zero-order valence-corrected chi connectivity index (χ0v) is 11.0. The van der Waals surface area contributed by atoms with Crippen LogP contribution >= 0.6 is 11.6 Å². The number of imidazole rings is 1. The minimum Gasteiger partial charge on any atom is -0.305 e. The molecule has 0 radical (unpaired) electrons. The third-order valence-electron chi connectivity index (χ3n) is 3.49. The fourth-order valence-electron chi connectivity index (χ4n) is 2.37. The molecule has 0 atom stereocenters. The Morgan fingerprint density at radius 2 is 2.00 bits per heavy atom. The molecule has 1 aliphatic rings. The number of fused-ring (bicyclic) bond motifs is 1. The van der Waals surface area contributed by atoms with E-state index in [1.54, 1.807) is 12.7 Å². The Labute approximate surface area is 114 Å². The Balaban J connectivity index is 1.99. The minimum atomic E-state index is 0.419. The number of halogens is 1. The molecule has 6 heteroatoms. The van der Waals surface area contributed by atoms with Gasteiger partial charge in [0.2, 0.25) is 0 Å². The molecular weight excluding hydrogens is 262 g/mol. The standard InChI is InChI=1S/C13H12ClN5/c14-4-11-6-18-5-10(9-1-2-9)3-12(13(18)17-11)19-7-15-16-8-19/h3,5-9H,1-2,4H2. The molecular formula is C13H12ClN5. The third-order valence-corrected chi connectivity index (χ3v) is 3.76. The van der Waals surface area contributed by atoms with Crippen molar-refractivity contribution in [3.05, 3.63) is 42.4 Å². The Morgan fingerprint density at radius 1 is 1.21 bits per heavy atom. The van der Waals surface area contributed by atoms with Crippen LogP contribution in [0, 0.1) is 0 Å². The van der Waals surface area contributed by atoms with Crippen molar-refractivity contribution in [2.24, 2.45) is 0 Å². The molecule has 1 fully saturated rings. The number of rotatable bonds is 3. The highest BCUT2D eigenvalue weighted by Crippen LogP contribution is 2.41. The molecule has 0 aliphatic heterocycles. The van der Waals surface area contributed by atoms with Crippen LogP contribution in [-0.4, -0.2) is 24.1 Å². The predicted molar refractivity (Wildman–Crippen MR) is 71.6 cm³/mol. The van der Waals surface area contributed by atoms with Gasteiger partial charge in [0, 0.05) is 12.4 Å². The predicted octanol–water partition coefficient (Wildman–Crippen LogP) is 2.53. The van der Waals surface area contributed by atoms with Crippen LogP contribution in [0.25, 0.3) is 11.3 Å². The monoisotopic (exact) mass is 273 g/mol. The maximum atomic E-state index is 5.88. The second-order valence-electron chi connectivity index (χ2n) is 4.90. The van der Waals surface area contributed by atoms with E-state index in [1.165, 1.54) is 18.4 Å². The van der Waals surface area contributed by atoms with Gasteiger partial charge in [-0.1, -0.05) is 0 Å². The van der Waals surface area contributed by atoms with Gasteiger partial charge in [-0.05, 0) is 30.4 Å². The lowest BCUT2D eigenvalue weighted by Gasteiger charge is -2.07. The van der Waals surface area contributed by atoms with Crippen molar-refractivity contribution in [3.8, 4) is 5.69 Å². The van der Waals surface area contributed by atoms with Crippen molar-refractivity contribution in [1.29, 1.82) is 0 Å². The average Bonchev–Trinajstić information content (AvgIpc) is 2.99. The lowest BCUT2D eigenvalue weighted by Crippen LogP contribution is -1.98. The second-order valence-corrected chi connectivity index (χ2v) is 5.17. The van der Waals surface area contributed by atoms with Crippen LogP contribution in [-0.2, 0) is 5.88 Å². The molecule has 0 aromatic carbocycles. The fourth-order valence-corrected chi connectivity index (χ4v) is 2.50. The molecule has 5 nitrogen and oxygen atoms in total. The van der Waals surface area contributed by atoms with E-state index in [1.807, 2.05) is 10.8 Å². The van der Waals surface area contributed by atoms with E-state index in [0.717, 1.165) is 17.0 Å². The Morgan fingerprint density at radius 3 is 2.68 bits per heavy atom. The normalized spacial score (nSPS) is 15.2. The van der Waals surface area contributed by atoms with Crippen molar-refractivity contribution in [2.45, 2.75) is 24.6 Å². The highest BCUT2D eigenvalue weighted by molar-refractivity contribution is 6.16. The number of nitrogens with zero attached hydrogens (tertiary/aromatic N) is 5. The number of hydrogen-bond donors (Lipinski definition) is 0. The topological polar surface area (TPSA) is 48.0 Å². The molecule has 3 heterocycles. The molecule has 0 amide bonds. The van der Waals surface area contributed by atoms with E-state index in [4.69, 9.17) is 11.6 Å². The first-order valence-electron chi connectivity index (χ1n) is 6.27. The van der Waals surface area contributed by atoms with E-state index in [-0.39, 0.29) is 0 Å². The zero-order valence-electron chi connectivity index (χ0n) is 10.2. The van der Waals surface area contributed by atoms with Crippen molar-refractivity contribution in [1.82, 2.24) is 24.1 Å². The van der Waals surface area contributed by atoms with E-state index >= 15 is 0 Å². The van der Waals surface area contributed by atoms with Crippen molar-refractivity contribution in [2.75, 3.05) is 0 Å². The van der Waals surface area contributed by atoms with Gasteiger partial charge in [0.05, 0.1) is 17.3 Å². The van der Waals surface area contributed by atoms with Crippen LogP contribution in [0.4, 0.5) is 0 Å². The first kappa shape index (κ1) is 11.0. The fraction of sp³-hybridized carbons (Fsp3) is 0.308. The zero-order chi connectivity index (χ0) is 12.8. The van der Waals surface area contributed by atoms with Crippen LogP contribution < -0.4 is 0 Å². The molecule has 0 N–H and O–H groups in total. The lowest BCUT2D eigenvalue weighted by atomic mass is 10.2. The maximum absolute atomic E-state index is 5.88. The first-order valence-corrected chi connectivity index (χ1v) is 6.81. The quantitative estimate of drug-likeness (QED) is 0.689. The van der Waals surface area contributed by atoms with Crippen molar-refractivity contribution in [3.63, 3.8) is 0 Å². The number of alkyl halides is 1. The lowest BCUT2D eigenvalue weighted by molar-refractivity contribution is 0.996. The van der Waals surface area contributed by atoms with E-state index < -0.39 is 0 Å². The van der Waals surface area contributed by atoms with E-state index in [9.17, 15) is 0 Å². The first-order chi connectivity index (χ1) is 9.35. The summed E-state index contributed by atoms with van der Waals surface area (Å²) < 4.78 is 3.95. The number of hydrogen-bond acceptors (Lipinski definition) is 3. The summed E-state index contributed by atoms with van der Waals surface area (Å²) in [6.07, 6.45) is 10.1. The molecule has 0 unspecified atom stereocenters. The van der Waals surface area contributed by atoms with Crippen LogP contribution in [0.15, 0.2) is 31.1 Å². The van der Waals surface area contributed by atoms with Crippen LogP contribution in [0.1, 0.15) is 30.0 Å². The molecule has 4 rings (SSSR count). The second kappa shape index (κ2) is 4.06. The highest BCUT2D eigenvalue weighted by Gasteiger charge is 2.25. The summed E-state index contributed by atoms with van der Waals surface area (Å²) >= 11 is 5.88. The van der Waals surface area contributed by atoms with Crippen molar-refractivity contribution < 1.29 is 0 Å². The Hall–Kier alpha value is -1.88. The average molecular weight is 274 g/mol. The molecule has 19 heavy (non-hydrogen) atoms. The van der Waals surface area contributed by atoms with Gasteiger partial charge in [0.25, 0.3) is 0 Å². The largest absolute Gasteiger partial charge is 0.305 e. The molecule has 1 saturated carbocycles. The molecule has 3 aromatic rings.